The zero-order valence-corrected chi connectivity index (χ0v) is 20.3. The summed E-state index contributed by atoms with van der Waals surface area (Å²) in [5.41, 5.74) is 0.682. The first-order chi connectivity index (χ1) is 15.1. The van der Waals surface area contributed by atoms with Crippen molar-refractivity contribution in [2.45, 2.75) is 63.0 Å². The van der Waals surface area contributed by atoms with E-state index in [1.54, 1.807) is 7.48 Å². The molecule has 3 rings (SSSR count). The summed E-state index contributed by atoms with van der Waals surface area (Å²) in [6.45, 7) is 10.3. The fourth-order valence-electron chi connectivity index (χ4n) is 3.38. The maximum atomic E-state index is 12.9. The molecule has 4 nitrogen and oxygen atoms in total. The third-order valence-electron chi connectivity index (χ3n) is 6.55. The lowest BCUT2D eigenvalue weighted by molar-refractivity contribution is -0.137. The Morgan fingerprint density at radius 2 is 1.73 bits per heavy atom. The number of hydrogen-bond donors (Lipinski definition) is 3. The highest BCUT2D eigenvalue weighted by Crippen LogP contribution is 2.34. The highest BCUT2D eigenvalue weighted by atomic mass is 32.1. The van der Waals surface area contributed by atoms with Crippen LogP contribution in [-0.2, 0) is 21.0 Å². The molecule has 1 aliphatic rings. The van der Waals surface area contributed by atoms with E-state index in [2.05, 4.69) is 23.3 Å². The summed E-state index contributed by atoms with van der Waals surface area (Å²) in [5.74, 6) is -0.0327. The number of carbonyl (C=O) groups excluding carboxylic acids is 1. The van der Waals surface area contributed by atoms with Crippen molar-refractivity contribution in [1.29, 1.82) is 0 Å². The molecule has 177 valence electrons. The van der Waals surface area contributed by atoms with Gasteiger partial charge in [0.15, 0.2) is 0 Å². The number of rotatable bonds is 7. The van der Waals surface area contributed by atoms with Gasteiger partial charge in [0, 0.05) is 22.7 Å². The van der Waals surface area contributed by atoms with Crippen LogP contribution in [0.4, 0.5) is 24.5 Å². The summed E-state index contributed by atoms with van der Waals surface area (Å²) in [6.07, 6.45) is -3.72. The van der Waals surface area contributed by atoms with Gasteiger partial charge in [0.1, 0.15) is 0 Å². The topological polar surface area (TPSA) is 50.4 Å². The van der Waals surface area contributed by atoms with Gasteiger partial charge in [-0.3, -0.25) is 4.79 Å². The molecular weight excluding hydrogens is 448 g/mol. The molecule has 0 aromatic heterocycles. The van der Waals surface area contributed by atoms with E-state index >= 15 is 0 Å². The van der Waals surface area contributed by atoms with Crippen LogP contribution in [0.3, 0.4) is 0 Å². The van der Waals surface area contributed by atoms with Crippen molar-refractivity contribution in [2.24, 2.45) is 0 Å². The van der Waals surface area contributed by atoms with Gasteiger partial charge < -0.3 is 15.3 Å². The number of nitrogens with one attached hydrogen (secondary N) is 2. The van der Waals surface area contributed by atoms with Gasteiger partial charge in [-0.2, -0.15) is 25.8 Å². The van der Waals surface area contributed by atoms with Crippen molar-refractivity contribution in [3.63, 3.8) is 0 Å². The lowest BCUT2D eigenvalue weighted by atomic mass is 9.76. The van der Waals surface area contributed by atoms with E-state index in [0.717, 1.165) is 17.7 Å². The summed E-state index contributed by atoms with van der Waals surface area (Å²) < 4.78 is 44.4. The van der Waals surface area contributed by atoms with Gasteiger partial charge in [0.05, 0.1) is 16.6 Å². The molecule has 1 fully saturated rings. The largest absolute Gasteiger partial charge is 0.428 e. The first-order valence-corrected chi connectivity index (χ1v) is 11.2. The van der Waals surface area contributed by atoms with Crippen LogP contribution in [0.5, 0.6) is 0 Å². The molecule has 9 heteroatoms. The summed E-state index contributed by atoms with van der Waals surface area (Å²) in [5, 5.41) is 6.05. The van der Waals surface area contributed by atoms with Crippen LogP contribution < -0.4 is 16.1 Å². The van der Waals surface area contributed by atoms with Gasteiger partial charge in [-0.05, 0) is 82.4 Å². The van der Waals surface area contributed by atoms with Gasteiger partial charge in [0.2, 0.25) is 5.91 Å². The molecular formula is C24H29BF3N2O2S. The molecule has 1 saturated heterocycles. The van der Waals surface area contributed by atoms with Gasteiger partial charge in [-0.25, -0.2) is 0 Å². The molecule has 1 heterocycles. The highest BCUT2D eigenvalue weighted by Gasteiger charge is 2.40. The van der Waals surface area contributed by atoms with Crippen molar-refractivity contribution >= 4 is 42.9 Å². The Morgan fingerprint density at radius 1 is 1.09 bits per heavy atom. The Labute approximate surface area is 199 Å². The lowest BCUT2D eigenvalue weighted by Gasteiger charge is -2.38. The molecule has 0 bridgehead atoms. The minimum Gasteiger partial charge on any atom is -0.428 e. The summed E-state index contributed by atoms with van der Waals surface area (Å²) >= 11 is 4.63. The number of benzene rings is 2. The Bertz CT molecular complexity index is 1020. The quantitative estimate of drug-likeness (QED) is 0.390. The normalized spacial score (nSPS) is 19.4. The highest BCUT2D eigenvalue weighted by molar-refractivity contribution is 7.81. The van der Waals surface area contributed by atoms with Gasteiger partial charge >= 0.3 is 13.7 Å². The van der Waals surface area contributed by atoms with Crippen molar-refractivity contribution in [3.8, 4) is 0 Å². The smallest absolute Gasteiger partial charge is 0.416 e. The number of halogens is 3. The maximum absolute atomic E-state index is 12.9. The first-order valence-electron chi connectivity index (χ1n) is 10.7. The number of amides is 1. The lowest BCUT2D eigenvalue weighted by Crippen LogP contribution is -2.46. The minimum absolute atomic E-state index is 0.0327. The number of thiol groups is 1. The Morgan fingerprint density at radius 3 is 2.24 bits per heavy atom. The van der Waals surface area contributed by atoms with E-state index < -0.39 is 27.5 Å². The molecule has 0 saturated carbocycles. The molecule has 1 radical (unpaired) electrons. The van der Waals surface area contributed by atoms with Gasteiger partial charge in [-0.1, -0.05) is 12.1 Å². The Hall–Kier alpha value is -2.13. The zero-order valence-electron chi connectivity index (χ0n) is 19.4. The second-order valence-corrected chi connectivity index (χ2v) is 10.8. The SMILES string of the molecule is CC1(c2ccc(Nc3ccc(C(F)(F)F)cc3)c([B]OC(C)(C)C(C)(C)S)c2)CCNC1=O. The molecule has 2 N–H and O–H groups in total. The first kappa shape index (κ1) is 25.5. The van der Waals surface area contributed by atoms with Crippen molar-refractivity contribution in [2.75, 3.05) is 11.9 Å². The van der Waals surface area contributed by atoms with Crippen molar-refractivity contribution in [1.82, 2.24) is 5.32 Å². The predicted molar refractivity (Wildman–Crippen MR) is 130 cm³/mol. The standard InChI is InChI=1S/C24H29BF3N2O2S/c1-21(2,22(3,4)33)32-25-18-14-16(23(5)12-13-29-20(23)31)8-11-19(18)30-17-9-6-15(7-10-17)24(26,27)28/h6-11,14,30,33H,12-13H2,1-5H3,(H,29,31). The van der Waals surface area contributed by atoms with E-state index in [9.17, 15) is 18.0 Å². The second-order valence-electron chi connectivity index (χ2n) is 9.65. The second kappa shape index (κ2) is 8.91. The molecule has 2 aromatic rings. The van der Waals surface area contributed by atoms with Crippen LogP contribution in [-0.4, -0.2) is 30.3 Å². The number of hydrogen-bond acceptors (Lipinski definition) is 4. The Kier molecular flexibility index (Phi) is 6.88. The van der Waals surface area contributed by atoms with Crippen LogP contribution >= 0.6 is 12.6 Å². The predicted octanol–water partition coefficient (Wildman–Crippen LogP) is 4.97. The number of carbonyl (C=O) groups is 1. The molecule has 0 spiro atoms. The number of alkyl halides is 3. The van der Waals surface area contributed by atoms with Crippen LogP contribution in [0.1, 0.15) is 52.2 Å². The fourth-order valence-corrected chi connectivity index (χ4v) is 3.43. The van der Waals surface area contributed by atoms with Crippen LogP contribution in [0, 0.1) is 0 Å². The Balaban J connectivity index is 1.94. The molecule has 1 aliphatic heterocycles. The molecule has 1 amide bonds. The van der Waals surface area contributed by atoms with E-state index in [-0.39, 0.29) is 5.91 Å². The molecule has 2 aromatic carbocycles. The minimum atomic E-state index is -4.39. The average Bonchev–Trinajstić information content (AvgIpc) is 3.05. The van der Waals surface area contributed by atoms with Crippen molar-refractivity contribution < 1.29 is 22.6 Å². The zero-order chi connectivity index (χ0) is 24.7. The number of anilines is 2. The summed E-state index contributed by atoms with van der Waals surface area (Å²) in [7, 11) is 1.62. The van der Waals surface area contributed by atoms with E-state index in [1.807, 2.05) is 52.8 Å². The summed E-state index contributed by atoms with van der Waals surface area (Å²) in [4.78, 5) is 12.5. The van der Waals surface area contributed by atoms with Gasteiger partial charge in [0.25, 0.3) is 0 Å². The third-order valence-corrected chi connectivity index (χ3v) is 7.08. The van der Waals surface area contributed by atoms with Crippen molar-refractivity contribution in [3.05, 3.63) is 53.6 Å². The maximum Gasteiger partial charge on any atom is 0.416 e. The summed E-state index contributed by atoms with van der Waals surface area (Å²) in [6, 6.07) is 10.4. The van der Waals surface area contributed by atoms with Crippen LogP contribution in [0.15, 0.2) is 42.5 Å². The van der Waals surface area contributed by atoms with E-state index in [1.165, 1.54) is 12.1 Å². The monoisotopic (exact) mass is 477 g/mol. The molecule has 33 heavy (non-hydrogen) atoms. The van der Waals surface area contributed by atoms with Gasteiger partial charge in [-0.15, -0.1) is 0 Å². The fraction of sp³-hybridized carbons (Fsp3) is 0.458. The molecule has 1 unspecified atom stereocenters. The van der Waals surface area contributed by atoms with E-state index in [0.29, 0.717) is 29.8 Å². The average molecular weight is 477 g/mol. The third kappa shape index (κ3) is 5.52. The van der Waals surface area contributed by atoms with E-state index in [4.69, 9.17) is 4.65 Å². The molecule has 1 atom stereocenters. The van der Waals surface area contributed by atoms with Crippen LogP contribution in [0.2, 0.25) is 0 Å². The molecule has 0 aliphatic carbocycles. The van der Waals surface area contributed by atoms with Crippen LogP contribution in [0.25, 0.3) is 0 Å².